The van der Waals surface area contributed by atoms with E-state index in [0.29, 0.717) is 23.7 Å². The Bertz CT molecular complexity index is 1060. The second-order valence-electron chi connectivity index (χ2n) is 5.47. The Kier molecular flexibility index (Phi) is 3.19. The molecule has 0 fully saturated rings. The zero-order chi connectivity index (χ0) is 16.7. The van der Waals surface area contributed by atoms with E-state index in [1.807, 2.05) is 32.2 Å². The molecule has 9 heteroatoms. The third-order valence-corrected chi connectivity index (χ3v) is 3.74. The van der Waals surface area contributed by atoms with Gasteiger partial charge < -0.3 is 5.32 Å². The van der Waals surface area contributed by atoms with Crippen LogP contribution in [0, 0.1) is 6.92 Å². The van der Waals surface area contributed by atoms with Gasteiger partial charge in [0.1, 0.15) is 17.5 Å². The first kappa shape index (κ1) is 14.2. The summed E-state index contributed by atoms with van der Waals surface area (Å²) in [5.41, 5.74) is 3.79. The number of nitrogens with zero attached hydrogens (tertiary/aromatic N) is 7. The summed E-state index contributed by atoms with van der Waals surface area (Å²) >= 11 is 0. The monoisotopic (exact) mass is 322 g/mol. The van der Waals surface area contributed by atoms with Crippen LogP contribution in [-0.2, 0) is 13.6 Å². The molecule has 0 aliphatic rings. The number of rotatable bonds is 3. The maximum absolute atomic E-state index is 12.5. The molecule has 0 aliphatic heterocycles. The second kappa shape index (κ2) is 5.37. The van der Waals surface area contributed by atoms with Crippen LogP contribution in [-0.4, -0.2) is 40.5 Å². The van der Waals surface area contributed by atoms with Crippen LogP contribution in [0.5, 0.6) is 0 Å². The molecule has 0 saturated carbocycles. The maximum atomic E-state index is 12.5. The Balaban J connectivity index is 1.57. The SMILES string of the molecule is Cc1cc(C(=O)NCc2ccc3c(c2)nnn3C)n2ncnc2n1. The van der Waals surface area contributed by atoms with Gasteiger partial charge in [-0.25, -0.2) is 9.67 Å². The van der Waals surface area contributed by atoms with Gasteiger partial charge in [0.15, 0.2) is 0 Å². The number of hydrogen-bond acceptors (Lipinski definition) is 6. The zero-order valence-corrected chi connectivity index (χ0v) is 13.1. The van der Waals surface area contributed by atoms with E-state index in [0.717, 1.165) is 16.6 Å². The van der Waals surface area contributed by atoms with Gasteiger partial charge in [-0.05, 0) is 30.7 Å². The Morgan fingerprint density at radius 1 is 1.29 bits per heavy atom. The highest BCUT2D eigenvalue weighted by atomic mass is 16.2. The predicted octanol–water partition coefficient (Wildman–Crippen LogP) is 0.644. The molecule has 0 unspecified atom stereocenters. The van der Waals surface area contributed by atoms with Gasteiger partial charge in [0, 0.05) is 19.3 Å². The maximum Gasteiger partial charge on any atom is 0.270 e. The van der Waals surface area contributed by atoms with Gasteiger partial charge >= 0.3 is 0 Å². The van der Waals surface area contributed by atoms with Crippen molar-refractivity contribution in [2.45, 2.75) is 13.5 Å². The van der Waals surface area contributed by atoms with Crippen LogP contribution in [0.25, 0.3) is 16.8 Å². The Labute approximate surface area is 136 Å². The lowest BCUT2D eigenvalue weighted by atomic mass is 10.2. The molecule has 120 valence electrons. The van der Waals surface area contributed by atoms with Crippen LogP contribution < -0.4 is 5.32 Å². The lowest BCUT2D eigenvalue weighted by molar-refractivity contribution is 0.0943. The fourth-order valence-electron chi connectivity index (χ4n) is 2.56. The molecule has 0 saturated heterocycles. The van der Waals surface area contributed by atoms with Crippen LogP contribution >= 0.6 is 0 Å². The number of benzene rings is 1. The fourth-order valence-corrected chi connectivity index (χ4v) is 2.56. The summed E-state index contributed by atoms with van der Waals surface area (Å²) in [5, 5.41) is 15.0. The van der Waals surface area contributed by atoms with Crippen molar-refractivity contribution in [1.29, 1.82) is 0 Å². The molecule has 0 radical (unpaired) electrons. The van der Waals surface area contributed by atoms with Gasteiger partial charge in [0.25, 0.3) is 11.7 Å². The number of fused-ring (bicyclic) bond motifs is 2. The summed E-state index contributed by atoms with van der Waals surface area (Å²) in [5.74, 6) is 0.163. The van der Waals surface area contributed by atoms with E-state index in [9.17, 15) is 4.79 Å². The molecule has 4 aromatic rings. The number of aryl methyl sites for hydroxylation is 2. The van der Waals surface area contributed by atoms with Crippen molar-refractivity contribution in [3.63, 3.8) is 0 Å². The average molecular weight is 322 g/mol. The van der Waals surface area contributed by atoms with E-state index < -0.39 is 0 Å². The largest absolute Gasteiger partial charge is 0.347 e. The standard InChI is InChI=1S/C15H14N8O/c1-9-5-13(23-15(19-9)17-8-18-23)14(24)16-7-10-3-4-12-11(6-10)20-21-22(12)2/h3-6,8H,7H2,1-2H3,(H,16,24). The third kappa shape index (κ3) is 2.35. The molecule has 3 heterocycles. The van der Waals surface area contributed by atoms with Crippen LogP contribution in [0.3, 0.4) is 0 Å². The van der Waals surface area contributed by atoms with Crippen molar-refractivity contribution >= 4 is 22.7 Å². The van der Waals surface area contributed by atoms with Crippen molar-refractivity contribution in [3.05, 3.63) is 47.5 Å². The van der Waals surface area contributed by atoms with E-state index in [1.165, 1.54) is 10.8 Å². The molecule has 4 rings (SSSR count). The number of carbonyl (C=O) groups excluding carboxylic acids is 1. The molecule has 0 atom stereocenters. The van der Waals surface area contributed by atoms with Gasteiger partial charge in [0.2, 0.25) is 0 Å². The smallest absolute Gasteiger partial charge is 0.270 e. The molecule has 1 aromatic carbocycles. The highest BCUT2D eigenvalue weighted by Crippen LogP contribution is 2.12. The number of hydrogen-bond donors (Lipinski definition) is 1. The van der Waals surface area contributed by atoms with Crippen LogP contribution in [0.2, 0.25) is 0 Å². The fraction of sp³-hybridized carbons (Fsp3) is 0.200. The summed E-state index contributed by atoms with van der Waals surface area (Å²) in [6.07, 6.45) is 1.38. The minimum absolute atomic E-state index is 0.241. The topological polar surface area (TPSA) is 103 Å². The third-order valence-electron chi connectivity index (χ3n) is 3.74. The molecule has 0 aliphatic carbocycles. The molecule has 24 heavy (non-hydrogen) atoms. The molecule has 1 N–H and O–H groups in total. The summed E-state index contributed by atoms with van der Waals surface area (Å²) in [6.45, 7) is 2.19. The number of aromatic nitrogens is 7. The second-order valence-corrected chi connectivity index (χ2v) is 5.47. The lowest BCUT2D eigenvalue weighted by Gasteiger charge is -2.07. The van der Waals surface area contributed by atoms with Gasteiger partial charge in [-0.15, -0.1) is 5.10 Å². The summed E-state index contributed by atoms with van der Waals surface area (Å²) in [4.78, 5) is 20.7. The molecule has 3 aromatic heterocycles. The highest BCUT2D eigenvalue weighted by Gasteiger charge is 2.13. The van der Waals surface area contributed by atoms with Crippen molar-refractivity contribution in [2.75, 3.05) is 0 Å². The average Bonchev–Trinajstić information content (AvgIpc) is 3.18. The normalized spacial score (nSPS) is 11.2. The van der Waals surface area contributed by atoms with E-state index in [1.54, 1.807) is 10.7 Å². The number of nitrogens with one attached hydrogen (secondary N) is 1. The first-order chi connectivity index (χ1) is 11.6. The van der Waals surface area contributed by atoms with Gasteiger partial charge in [-0.3, -0.25) is 4.79 Å². The molecule has 0 spiro atoms. The lowest BCUT2D eigenvalue weighted by Crippen LogP contribution is -2.25. The van der Waals surface area contributed by atoms with Gasteiger partial charge in [-0.2, -0.15) is 14.6 Å². The molecule has 0 bridgehead atoms. The minimum atomic E-state index is -0.241. The molecular weight excluding hydrogens is 308 g/mol. The zero-order valence-electron chi connectivity index (χ0n) is 13.1. The van der Waals surface area contributed by atoms with Gasteiger partial charge in [0.05, 0.1) is 5.52 Å². The van der Waals surface area contributed by atoms with E-state index in [4.69, 9.17) is 0 Å². The Hall–Kier alpha value is -3.36. The Morgan fingerprint density at radius 3 is 3.04 bits per heavy atom. The molecule has 9 nitrogen and oxygen atoms in total. The van der Waals surface area contributed by atoms with E-state index in [-0.39, 0.29) is 5.91 Å². The molecular formula is C15H14N8O. The van der Waals surface area contributed by atoms with E-state index >= 15 is 0 Å². The van der Waals surface area contributed by atoms with Crippen molar-refractivity contribution in [2.24, 2.45) is 7.05 Å². The van der Waals surface area contributed by atoms with Gasteiger partial charge in [-0.1, -0.05) is 11.3 Å². The van der Waals surface area contributed by atoms with Crippen molar-refractivity contribution in [1.82, 2.24) is 39.9 Å². The quantitative estimate of drug-likeness (QED) is 0.594. The summed E-state index contributed by atoms with van der Waals surface area (Å²) in [7, 11) is 1.84. The highest BCUT2D eigenvalue weighted by molar-refractivity contribution is 5.93. The first-order valence-electron chi connectivity index (χ1n) is 7.36. The van der Waals surface area contributed by atoms with Crippen LogP contribution in [0.15, 0.2) is 30.6 Å². The predicted molar refractivity (Wildman–Crippen MR) is 85.2 cm³/mol. The number of amides is 1. The summed E-state index contributed by atoms with van der Waals surface area (Å²) < 4.78 is 3.13. The van der Waals surface area contributed by atoms with Crippen molar-refractivity contribution < 1.29 is 4.79 Å². The van der Waals surface area contributed by atoms with Crippen molar-refractivity contribution in [3.8, 4) is 0 Å². The number of carbonyl (C=O) groups is 1. The minimum Gasteiger partial charge on any atom is -0.347 e. The van der Waals surface area contributed by atoms with E-state index in [2.05, 4.69) is 30.7 Å². The Morgan fingerprint density at radius 2 is 2.17 bits per heavy atom. The molecule has 1 amide bonds. The first-order valence-corrected chi connectivity index (χ1v) is 7.36. The van der Waals surface area contributed by atoms with Crippen LogP contribution in [0.4, 0.5) is 0 Å². The van der Waals surface area contributed by atoms with Crippen LogP contribution in [0.1, 0.15) is 21.7 Å². The summed E-state index contributed by atoms with van der Waals surface area (Å²) in [6, 6.07) is 7.46.